The Kier molecular flexibility index (Phi) is 9.60. The lowest BCUT2D eigenvalue weighted by Crippen LogP contribution is -2.11. The zero-order valence-corrected chi connectivity index (χ0v) is 19.5. The summed E-state index contributed by atoms with van der Waals surface area (Å²) in [7, 11) is -4.76. The van der Waals surface area contributed by atoms with Crippen LogP contribution >= 0.6 is 0 Å². The van der Waals surface area contributed by atoms with Crippen LogP contribution in [0.15, 0.2) is 50.6 Å². The van der Waals surface area contributed by atoms with Gasteiger partial charge in [0, 0.05) is 26.0 Å². The van der Waals surface area contributed by atoms with Gasteiger partial charge in [0.15, 0.2) is 0 Å². The summed E-state index contributed by atoms with van der Waals surface area (Å²) in [5.41, 5.74) is 5.61. The molecule has 0 fully saturated rings. The van der Waals surface area contributed by atoms with Gasteiger partial charge in [-0.2, -0.15) is 8.42 Å². The first-order valence-corrected chi connectivity index (χ1v) is 11.3. The number of nitrogens with zero attached hydrogens (tertiary/aromatic N) is 3. The highest BCUT2D eigenvalue weighted by Gasteiger charge is 2.18. The summed E-state index contributed by atoms with van der Waals surface area (Å²) in [5, 5.41) is 10.4. The Morgan fingerprint density at radius 3 is 2.00 bits per heavy atom. The van der Waals surface area contributed by atoms with Gasteiger partial charge in [0.05, 0.1) is 5.69 Å². The average Bonchev–Trinajstić information content (AvgIpc) is 2.78. The van der Waals surface area contributed by atoms with Gasteiger partial charge in [-0.25, -0.2) is 0 Å². The van der Waals surface area contributed by atoms with Crippen molar-refractivity contribution in [3.63, 3.8) is 0 Å². The number of benzene rings is 2. The van der Waals surface area contributed by atoms with Crippen molar-refractivity contribution in [3.8, 4) is 11.5 Å². The Bertz CT molecular complexity index is 1230. The Morgan fingerprint density at radius 2 is 1.46 bits per heavy atom. The molecule has 0 aromatic heterocycles. The number of ether oxygens (including phenoxy) is 4. The van der Waals surface area contributed by atoms with Crippen molar-refractivity contribution in [1.82, 2.24) is 0 Å². The average molecular weight is 510 g/mol. The number of rotatable bonds is 12. The molecular formula is C20H22N4O10S. The van der Waals surface area contributed by atoms with Crippen LogP contribution in [0.25, 0.3) is 0 Å². The van der Waals surface area contributed by atoms with Gasteiger partial charge >= 0.3 is 11.9 Å². The number of nitrogens with two attached hydrogens (primary N) is 1. The number of hydrogen-bond acceptors (Lipinski definition) is 13. The molecule has 35 heavy (non-hydrogen) atoms. The van der Waals surface area contributed by atoms with E-state index in [1.807, 2.05) is 0 Å². The van der Waals surface area contributed by atoms with Crippen LogP contribution in [-0.2, 0) is 29.2 Å². The molecular weight excluding hydrogens is 488 g/mol. The van der Waals surface area contributed by atoms with Gasteiger partial charge in [-0.3, -0.25) is 14.1 Å². The van der Waals surface area contributed by atoms with Crippen LogP contribution in [0, 0.1) is 4.91 Å². The summed E-state index contributed by atoms with van der Waals surface area (Å²) in [6, 6.07) is 5.83. The highest BCUT2D eigenvalue weighted by Crippen LogP contribution is 2.38. The van der Waals surface area contributed by atoms with E-state index in [2.05, 4.69) is 15.4 Å². The third-order valence-electron chi connectivity index (χ3n) is 3.98. The van der Waals surface area contributed by atoms with Crippen molar-refractivity contribution in [2.75, 3.05) is 32.2 Å². The molecule has 0 saturated heterocycles. The van der Waals surface area contributed by atoms with E-state index in [1.54, 1.807) is 0 Å². The van der Waals surface area contributed by atoms with Crippen molar-refractivity contribution in [2.24, 2.45) is 15.4 Å². The molecule has 15 heteroatoms. The van der Waals surface area contributed by atoms with Crippen molar-refractivity contribution >= 4 is 44.8 Å². The smallest absolute Gasteiger partial charge is 0.302 e. The monoisotopic (exact) mass is 510 g/mol. The Hall–Kier alpha value is -4.11. The predicted octanol–water partition coefficient (Wildman–Crippen LogP) is 3.21. The first-order valence-electron chi connectivity index (χ1n) is 9.83. The molecule has 0 aliphatic heterocycles. The van der Waals surface area contributed by atoms with Crippen LogP contribution in [0.2, 0.25) is 0 Å². The van der Waals surface area contributed by atoms with Gasteiger partial charge < -0.3 is 24.7 Å². The van der Waals surface area contributed by atoms with Gasteiger partial charge in [-0.15, -0.1) is 15.1 Å². The summed E-state index contributed by atoms with van der Waals surface area (Å²) in [6.07, 6.45) is 0. The molecule has 0 spiro atoms. The van der Waals surface area contributed by atoms with Crippen LogP contribution in [0.1, 0.15) is 13.8 Å². The second-order valence-electron chi connectivity index (χ2n) is 6.65. The predicted molar refractivity (Wildman–Crippen MR) is 121 cm³/mol. The molecule has 14 nitrogen and oxygen atoms in total. The van der Waals surface area contributed by atoms with Gasteiger partial charge in [-0.1, -0.05) is 0 Å². The number of azo groups is 1. The third-order valence-corrected chi connectivity index (χ3v) is 4.86. The lowest BCUT2D eigenvalue weighted by Gasteiger charge is -2.14. The highest BCUT2D eigenvalue weighted by molar-refractivity contribution is 7.86. The Labute approximate surface area is 199 Å². The van der Waals surface area contributed by atoms with Gasteiger partial charge in [0.1, 0.15) is 59.9 Å². The molecule has 0 amide bonds. The molecule has 0 radical (unpaired) electrons. The number of nitroso groups, excluding NO2 is 1. The molecule has 0 aliphatic rings. The van der Waals surface area contributed by atoms with Crippen LogP contribution in [0.4, 0.5) is 22.7 Å². The van der Waals surface area contributed by atoms with Crippen molar-refractivity contribution < 1.29 is 41.5 Å². The number of esters is 2. The van der Waals surface area contributed by atoms with Crippen LogP contribution < -0.4 is 15.2 Å². The molecule has 0 bridgehead atoms. The van der Waals surface area contributed by atoms with E-state index in [1.165, 1.54) is 32.0 Å². The fourth-order valence-corrected chi connectivity index (χ4v) is 3.16. The van der Waals surface area contributed by atoms with Gasteiger partial charge in [0.25, 0.3) is 10.1 Å². The summed E-state index contributed by atoms with van der Waals surface area (Å²) < 4.78 is 53.5. The fraction of sp³-hybridized carbons (Fsp3) is 0.300. The lowest BCUT2D eigenvalue weighted by molar-refractivity contribution is -0.142. The van der Waals surface area contributed by atoms with Crippen LogP contribution in [0.5, 0.6) is 11.5 Å². The minimum atomic E-state index is -4.76. The van der Waals surface area contributed by atoms with E-state index in [4.69, 9.17) is 24.7 Å². The summed E-state index contributed by atoms with van der Waals surface area (Å²) in [4.78, 5) is 31.8. The van der Waals surface area contributed by atoms with E-state index >= 15 is 0 Å². The summed E-state index contributed by atoms with van der Waals surface area (Å²) >= 11 is 0. The fourth-order valence-electron chi connectivity index (χ4n) is 2.51. The Balaban J connectivity index is 2.39. The Morgan fingerprint density at radius 1 is 0.886 bits per heavy atom. The SMILES string of the molecule is CC(=O)OCCOc1cc(/N=N/c2ccc(N=O)cc2S(=O)(=O)O)c(OCCOC(C)=O)cc1N. The molecule has 2 aromatic rings. The van der Waals surface area contributed by atoms with Gasteiger partial charge in [0.2, 0.25) is 0 Å². The van der Waals surface area contributed by atoms with E-state index in [0.29, 0.717) is 0 Å². The number of nitrogen functional groups attached to an aromatic ring is 1. The van der Waals surface area contributed by atoms with Crippen LogP contribution in [0.3, 0.4) is 0 Å². The zero-order chi connectivity index (χ0) is 26.0. The van der Waals surface area contributed by atoms with Crippen LogP contribution in [-0.4, -0.2) is 51.3 Å². The highest BCUT2D eigenvalue weighted by atomic mass is 32.2. The van der Waals surface area contributed by atoms with E-state index in [-0.39, 0.29) is 60.7 Å². The zero-order valence-electron chi connectivity index (χ0n) is 18.7. The number of hydrogen-bond donors (Lipinski definition) is 2. The quantitative estimate of drug-likeness (QED) is 0.106. The minimum absolute atomic E-state index is 0.0277. The van der Waals surface area contributed by atoms with Crippen molar-refractivity contribution in [1.29, 1.82) is 0 Å². The maximum Gasteiger partial charge on any atom is 0.302 e. The molecule has 0 aliphatic carbocycles. The first kappa shape index (κ1) is 27.1. The molecule has 2 rings (SSSR count). The van der Waals surface area contributed by atoms with Gasteiger partial charge in [-0.05, 0) is 23.4 Å². The number of carbonyl (C=O) groups excluding carboxylic acids is 2. The first-order chi connectivity index (χ1) is 16.5. The molecule has 188 valence electrons. The largest absolute Gasteiger partial charge is 0.488 e. The summed E-state index contributed by atoms with van der Waals surface area (Å²) in [6.45, 7) is 2.27. The third kappa shape index (κ3) is 8.63. The molecule has 0 saturated carbocycles. The molecule has 3 N–H and O–H groups in total. The molecule has 0 atom stereocenters. The molecule has 2 aromatic carbocycles. The van der Waals surface area contributed by atoms with Crippen molar-refractivity contribution in [2.45, 2.75) is 18.7 Å². The lowest BCUT2D eigenvalue weighted by atomic mass is 10.2. The molecule has 0 heterocycles. The van der Waals surface area contributed by atoms with E-state index in [0.717, 1.165) is 12.1 Å². The summed E-state index contributed by atoms with van der Waals surface area (Å²) in [5.74, 6) is -0.771. The minimum Gasteiger partial charge on any atom is -0.488 e. The normalized spacial score (nSPS) is 11.2. The van der Waals surface area contributed by atoms with E-state index < -0.39 is 27.0 Å². The maximum atomic E-state index is 11.7. The number of anilines is 1. The second-order valence-corrected chi connectivity index (χ2v) is 8.04. The second kappa shape index (κ2) is 12.4. The van der Waals surface area contributed by atoms with Crippen molar-refractivity contribution in [3.05, 3.63) is 35.2 Å². The number of carbonyl (C=O) groups is 2. The van der Waals surface area contributed by atoms with E-state index in [9.17, 15) is 27.5 Å². The maximum absolute atomic E-state index is 11.7. The molecule has 0 unspecified atom stereocenters. The topological polar surface area (TPSA) is 206 Å². The standard InChI is InChI=1S/C20H22N4O10S/c1-12(25)31-5-7-33-18-11-17(19(10-15(18)21)34-8-6-32-13(2)26)23-22-16-4-3-14(24-27)9-20(16)35(28,29)30/h3-4,9-11H,5-8,21H2,1-2H3,(H,28,29,30)/b23-22+.